The van der Waals surface area contributed by atoms with Gasteiger partial charge in [0.25, 0.3) is 0 Å². The fourth-order valence-corrected chi connectivity index (χ4v) is 2.85. The van der Waals surface area contributed by atoms with Gasteiger partial charge in [-0.2, -0.15) is 30.0 Å². The standard InChI is InChI=1S/C14H13ClF4N4OS/c15-13-11(8-23(22-13)10-5-9(16)6-20-7-10)21-12(24)1-3-25-4-2-14(17,18)19/h5-8H,1-4H2,(H,21,24). The van der Waals surface area contributed by atoms with E-state index in [2.05, 4.69) is 15.4 Å². The van der Waals surface area contributed by atoms with E-state index < -0.39 is 24.3 Å². The highest BCUT2D eigenvalue weighted by Gasteiger charge is 2.26. The topological polar surface area (TPSA) is 59.8 Å². The molecule has 0 atom stereocenters. The van der Waals surface area contributed by atoms with Crippen LogP contribution in [-0.4, -0.2) is 38.4 Å². The minimum Gasteiger partial charge on any atom is -0.322 e. The zero-order valence-electron chi connectivity index (χ0n) is 12.7. The summed E-state index contributed by atoms with van der Waals surface area (Å²) in [6.07, 6.45) is -1.25. The average Bonchev–Trinajstić information content (AvgIpc) is 2.87. The van der Waals surface area contributed by atoms with Gasteiger partial charge in [-0.25, -0.2) is 9.07 Å². The Balaban J connectivity index is 1.85. The van der Waals surface area contributed by atoms with Crippen molar-refractivity contribution in [3.05, 3.63) is 35.6 Å². The normalized spacial score (nSPS) is 11.6. The second-order valence-electron chi connectivity index (χ2n) is 4.92. The first-order valence-corrected chi connectivity index (χ1v) is 8.58. The number of rotatable bonds is 7. The molecule has 25 heavy (non-hydrogen) atoms. The first-order chi connectivity index (χ1) is 11.7. The molecule has 11 heteroatoms. The van der Waals surface area contributed by atoms with E-state index in [1.807, 2.05) is 0 Å². The monoisotopic (exact) mass is 396 g/mol. The molecule has 2 aromatic heterocycles. The highest BCUT2D eigenvalue weighted by molar-refractivity contribution is 7.99. The summed E-state index contributed by atoms with van der Waals surface area (Å²) in [4.78, 5) is 15.5. The number of carbonyl (C=O) groups excluding carboxylic acids is 1. The Morgan fingerprint density at radius 1 is 1.32 bits per heavy atom. The molecule has 0 saturated heterocycles. The summed E-state index contributed by atoms with van der Waals surface area (Å²) in [6.45, 7) is 0. The highest BCUT2D eigenvalue weighted by atomic mass is 35.5. The maximum atomic E-state index is 13.2. The molecule has 0 fully saturated rings. The summed E-state index contributed by atoms with van der Waals surface area (Å²) in [5.41, 5.74) is 0.543. The van der Waals surface area contributed by atoms with Crippen molar-refractivity contribution in [2.75, 3.05) is 16.8 Å². The molecule has 2 rings (SSSR count). The van der Waals surface area contributed by atoms with Crippen LogP contribution in [0.4, 0.5) is 23.2 Å². The smallest absolute Gasteiger partial charge is 0.322 e. The molecule has 0 saturated carbocycles. The Morgan fingerprint density at radius 2 is 2.08 bits per heavy atom. The van der Waals surface area contributed by atoms with Crippen LogP contribution in [0.15, 0.2) is 24.7 Å². The predicted octanol–water partition coefficient (Wildman–Crippen LogP) is 4.07. The lowest BCUT2D eigenvalue weighted by molar-refractivity contribution is -0.129. The lowest BCUT2D eigenvalue weighted by Crippen LogP contribution is -2.13. The number of thioether (sulfide) groups is 1. The van der Waals surface area contributed by atoms with Crippen LogP contribution in [0.25, 0.3) is 5.69 Å². The largest absolute Gasteiger partial charge is 0.389 e. The molecule has 1 N–H and O–H groups in total. The van der Waals surface area contributed by atoms with E-state index >= 15 is 0 Å². The van der Waals surface area contributed by atoms with Crippen molar-refractivity contribution in [3.8, 4) is 5.69 Å². The zero-order valence-corrected chi connectivity index (χ0v) is 14.3. The van der Waals surface area contributed by atoms with Crippen LogP contribution in [0.1, 0.15) is 12.8 Å². The Morgan fingerprint density at radius 3 is 2.76 bits per heavy atom. The minimum absolute atomic E-state index is 0.00216. The van der Waals surface area contributed by atoms with Crippen molar-refractivity contribution in [1.82, 2.24) is 14.8 Å². The molecule has 0 aliphatic rings. The first-order valence-electron chi connectivity index (χ1n) is 7.05. The van der Waals surface area contributed by atoms with Gasteiger partial charge in [-0.1, -0.05) is 11.6 Å². The number of carbonyl (C=O) groups is 1. The highest BCUT2D eigenvalue weighted by Crippen LogP contribution is 2.23. The van der Waals surface area contributed by atoms with E-state index in [-0.39, 0.29) is 28.8 Å². The van der Waals surface area contributed by atoms with Crippen molar-refractivity contribution in [3.63, 3.8) is 0 Å². The maximum Gasteiger partial charge on any atom is 0.389 e. The lowest BCUT2D eigenvalue weighted by atomic mass is 10.4. The summed E-state index contributed by atoms with van der Waals surface area (Å²) in [7, 11) is 0. The number of anilines is 1. The summed E-state index contributed by atoms with van der Waals surface area (Å²) >= 11 is 6.96. The van der Waals surface area contributed by atoms with Gasteiger partial charge in [0, 0.05) is 24.0 Å². The van der Waals surface area contributed by atoms with Crippen LogP contribution < -0.4 is 5.32 Å². The Kier molecular flexibility index (Phi) is 6.65. The number of pyridine rings is 1. The van der Waals surface area contributed by atoms with E-state index in [1.165, 1.54) is 23.1 Å². The molecule has 0 aromatic carbocycles. The minimum atomic E-state index is -4.19. The number of aromatic nitrogens is 3. The molecule has 1 amide bonds. The SMILES string of the molecule is O=C(CCSCCC(F)(F)F)Nc1cn(-c2cncc(F)c2)nc1Cl. The van der Waals surface area contributed by atoms with Crippen molar-refractivity contribution in [2.24, 2.45) is 0 Å². The molecule has 2 heterocycles. The van der Waals surface area contributed by atoms with E-state index in [4.69, 9.17) is 11.6 Å². The number of hydrogen-bond donors (Lipinski definition) is 1. The number of nitrogens with zero attached hydrogens (tertiary/aromatic N) is 3. The quantitative estimate of drug-likeness (QED) is 0.566. The second-order valence-corrected chi connectivity index (χ2v) is 6.50. The summed E-state index contributed by atoms with van der Waals surface area (Å²) in [5.74, 6) is -0.798. The second kappa shape index (κ2) is 8.52. The summed E-state index contributed by atoms with van der Waals surface area (Å²) < 4.78 is 50.4. The van der Waals surface area contributed by atoms with Gasteiger partial charge < -0.3 is 5.32 Å². The number of nitrogens with one attached hydrogen (secondary N) is 1. The zero-order chi connectivity index (χ0) is 18.4. The van der Waals surface area contributed by atoms with Crippen molar-refractivity contribution in [2.45, 2.75) is 19.0 Å². The molecule has 0 aliphatic carbocycles. The molecule has 0 spiro atoms. The van der Waals surface area contributed by atoms with Crippen LogP contribution in [0.3, 0.4) is 0 Å². The first kappa shape index (κ1) is 19.5. The van der Waals surface area contributed by atoms with E-state index in [9.17, 15) is 22.4 Å². The van der Waals surface area contributed by atoms with E-state index in [0.717, 1.165) is 18.0 Å². The fraction of sp³-hybridized carbons (Fsp3) is 0.357. The predicted molar refractivity (Wildman–Crippen MR) is 87.6 cm³/mol. The van der Waals surface area contributed by atoms with Gasteiger partial charge >= 0.3 is 6.18 Å². The molecule has 0 unspecified atom stereocenters. The summed E-state index contributed by atoms with van der Waals surface area (Å²) in [5, 5.41) is 6.46. The Labute approximate surface area is 149 Å². The van der Waals surface area contributed by atoms with Crippen molar-refractivity contribution < 1.29 is 22.4 Å². The maximum absolute atomic E-state index is 13.2. The third-order valence-corrected chi connectivity index (χ3v) is 4.17. The van der Waals surface area contributed by atoms with Gasteiger partial charge in [0.15, 0.2) is 5.15 Å². The van der Waals surface area contributed by atoms with E-state index in [0.29, 0.717) is 5.69 Å². The molecule has 0 aliphatic heterocycles. The lowest BCUT2D eigenvalue weighted by Gasteiger charge is -2.06. The number of hydrogen-bond acceptors (Lipinski definition) is 4. The van der Waals surface area contributed by atoms with Crippen molar-refractivity contribution in [1.29, 1.82) is 0 Å². The van der Waals surface area contributed by atoms with Gasteiger partial charge in [-0.15, -0.1) is 0 Å². The fourth-order valence-electron chi connectivity index (χ4n) is 1.76. The van der Waals surface area contributed by atoms with Crippen LogP contribution in [0.2, 0.25) is 5.15 Å². The van der Waals surface area contributed by atoms with Gasteiger partial charge in [-0.05, 0) is 0 Å². The third-order valence-electron chi connectivity index (χ3n) is 2.90. The van der Waals surface area contributed by atoms with Crippen LogP contribution in [-0.2, 0) is 4.79 Å². The van der Waals surface area contributed by atoms with Crippen molar-refractivity contribution >= 4 is 35.0 Å². The third kappa shape index (κ3) is 6.54. The van der Waals surface area contributed by atoms with Gasteiger partial charge in [-0.3, -0.25) is 9.78 Å². The molecule has 0 radical (unpaired) electrons. The molecule has 2 aromatic rings. The number of amides is 1. The molecular weight excluding hydrogens is 384 g/mol. The average molecular weight is 397 g/mol. The van der Waals surface area contributed by atoms with Crippen LogP contribution >= 0.6 is 23.4 Å². The molecule has 0 bridgehead atoms. The van der Waals surface area contributed by atoms with Gasteiger partial charge in [0.05, 0.1) is 36.4 Å². The van der Waals surface area contributed by atoms with Crippen LogP contribution in [0.5, 0.6) is 0 Å². The summed E-state index contributed by atoms with van der Waals surface area (Å²) in [6, 6.07) is 1.19. The molecule has 136 valence electrons. The van der Waals surface area contributed by atoms with Gasteiger partial charge in [0.1, 0.15) is 5.82 Å². The molecule has 5 nitrogen and oxygen atoms in total. The Hall–Kier alpha value is -1.81. The Bertz CT molecular complexity index is 738. The number of halogens is 5. The molecular formula is C14H13ClF4N4OS. The van der Waals surface area contributed by atoms with Gasteiger partial charge in [0.2, 0.25) is 5.91 Å². The number of alkyl halides is 3. The van der Waals surface area contributed by atoms with E-state index in [1.54, 1.807) is 0 Å². The van der Waals surface area contributed by atoms with Crippen LogP contribution in [0, 0.1) is 5.82 Å².